The third kappa shape index (κ3) is 5.72. The molecule has 0 saturated carbocycles. The normalized spacial score (nSPS) is 15.4. The van der Waals surface area contributed by atoms with Crippen LogP contribution in [0.5, 0.6) is 0 Å². The van der Waals surface area contributed by atoms with Gasteiger partial charge in [-0.05, 0) is 6.92 Å². The average molecular weight is 242 g/mol. The Kier molecular flexibility index (Phi) is 5.46. The highest BCUT2D eigenvalue weighted by atomic mass is 19.4. The molecule has 16 heavy (non-hydrogen) atoms. The van der Waals surface area contributed by atoms with E-state index in [2.05, 4.69) is 16.1 Å². The molecule has 0 fully saturated rings. The highest BCUT2D eigenvalue weighted by Crippen LogP contribution is 2.23. The van der Waals surface area contributed by atoms with Gasteiger partial charge in [0.05, 0.1) is 6.42 Å². The number of aliphatic hydroxyl groups is 1. The Hall–Kier alpha value is -1.08. The zero-order valence-electron chi connectivity index (χ0n) is 8.87. The van der Waals surface area contributed by atoms with Crippen molar-refractivity contribution in [1.82, 2.24) is 0 Å². The van der Waals surface area contributed by atoms with Crippen molar-refractivity contribution in [2.45, 2.75) is 31.9 Å². The van der Waals surface area contributed by atoms with E-state index in [4.69, 9.17) is 5.11 Å². The highest BCUT2D eigenvalue weighted by molar-refractivity contribution is 5.87. The molecule has 0 aliphatic carbocycles. The summed E-state index contributed by atoms with van der Waals surface area (Å²) in [5.41, 5.74) is 0.00117. The lowest BCUT2D eigenvalue weighted by Gasteiger charge is -2.22. The Balaban J connectivity index is 4.38. The van der Waals surface area contributed by atoms with Crippen LogP contribution in [-0.2, 0) is 14.3 Å². The quantitative estimate of drug-likeness (QED) is 0.449. The zero-order chi connectivity index (χ0) is 12.9. The molecule has 0 heterocycles. The summed E-state index contributed by atoms with van der Waals surface area (Å²) in [4.78, 5) is 11.0. The van der Waals surface area contributed by atoms with E-state index in [9.17, 15) is 18.0 Å². The molecule has 1 N–H and O–H groups in total. The number of carbonyl (C=O) groups excluding carboxylic acids is 1. The van der Waals surface area contributed by atoms with Gasteiger partial charge in [-0.1, -0.05) is 6.58 Å². The number of aliphatic hydroxyl groups excluding tert-OH is 1. The number of ether oxygens (including phenoxy) is 2. The maximum atomic E-state index is 11.9. The number of alkyl halides is 3. The minimum absolute atomic E-state index is 0.00117. The molecule has 7 heteroatoms. The second kappa shape index (κ2) is 5.86. The first-order valence-electron chi connectivity index (χ1n) is 4.31. The van der Waals surface area contributed by atoms with Crippen LogP contribution in [0.3, 0.4) is 0 Å². The number of rotatable bonds is 5. The van der Waals surface area contributed by atoms with Crippen LogP contribution in [0.2, 0.25) is 0 Å². The van der Waals surface area contributed by atoms with Gasteiger partial charge in [0.15, 0.2) is 0 Å². The van der Waals surface area contributed by atoms with Gasteiger partial charge in [-0.25, -0.2) is 4.79 Å². The summed E-state index contributed by atoms with van der Waals surface area (Å²) in [6, 6.07) is 0. The number of methoxy groups -OCH3 is 1. The van der Waals surface area contributed by atoms with Gasteiger partial charge in [0.25, 0.3) is 0 Å². The Morgan fingerprint density at radius 3 is 2.31 bits per heavy atom. The minimum Gasteiger partial charge on any atom is -0.430 e. The first-order valence-corrected chi connectivity index (χ1v) is 4.31. The molecule has 2 unspecified atom stereocenters. The van der Waals surface area contributed by atoms with Crippen LogP contribution in [-0.4, -0.2) is 36.8 Å². The Bertz CT molecular complexity index is 262. The smallest absolute Gasteiger partial charge is 0.391 e. The average Bonchev–Trinajstić information content (AvgIpc) is 2.10. The molecule has 0 rings (SSSR count). The van der Waals surface area contributed by atoms with E-state index in [1.165, 1.54) is 6.92 Å². The monoisotopic (exact) mass is 242 g/mol. The van der Waals surface area contributed by atoms with Crippen molar-refractivity contribution in [1.29, 1.82) is 0 Å². The van der Waals surface area contributed by atoms with Gasteiger partial charge < -0.3 is 14.6 Å². The molecule has 0 saturated heterocycles. The molecule has 0 aromatic carbocycles. The molecule has 2 atom stereocenters. The van der Waals surface area contributed by atoms with Crippen molar-refractivity contribution in [2.24, 2.45) is 0 Å². The van der Waals surface area contributed by atoms with Crippen LogP contribution in [0, 0.1) is 0 Å². The molecule has 4 nitrogen and oxygen atoms in total. The predicted octanol–water partition coefficient (Wildman–Crippen LogP) is 1.39. The van der Waals surface area contributed by atoms with Gasteiger partial charge >= 0.3 is 12.1 Å². The topological polar surface area (TPSA) is 55.8 Å². The molecule has 0 amide bonds. The zero-order valence-corrected chi connectivity index (χ0v) is 8.87. The number of hydrogen-bond acceptors (Lipinski definition) is 4. The van der Waals surface area contributed by atoms with Crippen molar-refractivity contribution in [2.75, 3.05) is 7.11 Å². The van der Waals surface area contributed by atoms with Gasteiger partial charge in [0.2, 0.25) is 6.29 Å². The lowest BCUT2D eigenvalue weighted by atomic mass is 10.2. The van der Waals surface area contributed by atoms with Gasteiger partial charge in [-0.2, -0.15) is 13.2 Å². The summed E-state index contributed by atoms with van der Waals surface area (Å²) < 4.78 is 44.7. The summed E-state index contributed by atoms with van der Waals surface area (Å²) in [5.74, 6) is -0.923. The third-order valence-corrected chi connectivity index (χ3v) is 1.56. The van der Waals surface area contributed by atoms with E-state index in [1.54, 1.807) is 0 Å². The molecule has 0 aromatic rings. The second-order valence-electron chi connectivity index (χ2n) is 3.18. The Morgan fingerprint density at radius 1 is 1.50 bits per heavy atom. The molecule has 0 aliphatic rings. The minimum atomic E-state index is -4.56. The second-order valence-corrected chi connectivity index (χ2v) is 3.18. The fourth-order valence-electron chi connectivity index (χ4n) is 0.823. The van der Waals surface area contributed by atoms with Crippen molar-refractivity contribution < 1.29 is 32.5 Å². The number of halogens is 3. The van der Waals surface area contributed by atoms with Gasteiger partial charge in [0.1, 0.15) is 6.10 Å². The van der Waals surface area contributed by atoms with Crippen molar-refractivity contribution in [3.8, 4) is 0 Å². The van der Waals surface area contributed by atoms with Gasteiger partial charge in [0, 0.05) is 12.7 Å². The first-order chi connectivity index (χ1) is 7.17. The fourth-order valence-corrected chi connectivity index (χ4v) is 0.823. The summed E-state index contributed by atoms with van der Waals surface area (Å²) in [6.07, 6.45) is -9.71. The molecule has 0 aromatic heterocycles. The van der Waals surface area contributed by atoms with Crippen LogP contribution in [0.4, 0.5) is 13.2 Å². The van der Waals surface area contributed by atoms with E-state index < -0.39 is 31.0 Å². The third-order valence-electron chi connectivity index (χ3n) is 1.56. The van der Waals surface area contributed by atoms with Crippen LogP contribution in [0.1, 0.15) is 13.3 Å². The lowest BCUT2D eigenvalue weighted by molar-refractivity contribution is -0.218. The fraction of sp³-hybridized carbons (Fsp3) is 0.667. The van der Waals surface area contributed by atoms with E-state index in [-0.39, 0.29) is 5.57 Å². The van der Waals surface area contributed by atoms with Gasteiger partial charge in [-0.3, -0.25) is 0 Å². The Labute approximate surface area is 90.6 Å². The lowest BCUT2D eigenvalue weighted by Crippen LogP contribution is -2.36. The number of carbonyl (C=O) groups is 1. The van der Waals surface area contributed by atoms with Crippen LogP contribution in [0.15, 0.2) is 12.2 Å². The maximum absolute atomic E-state index is 11.9. The molecule has 0 spiro atoms. The Morgan fingerprint density at radius 2 is 2.00 bits per heavy atom. The van der Waals surface area contributed by atoms with E-state index in [1.807, 2.05) is 0 Å². The van der Waals surface area contributed by atoms with Crippen molar-refractivity contribution in [3.63, 3.8) is 0 Å². The summed E-state index contributed by atoms with van der Waals surface area (Å²) in [7, 11) is 1.02. The largest absolute Gasteiger partial charge is 0.430 e. The molecule has 0 bridgehead atoms. The van der Waals surface area contributed by atoms with E-state index >= 15 is 0 Å². The number of hydrogen-bond donors (Lipinski definition) is 1. The van der Waals surface area contributed by atoms with Crippen LogP contribution >= 0.6 is 0 Å². The molecular formula is C9H13F3O4. The molecule has 0 aliphatic heterocycles. The highest BCUT2D eigenvalue weighted by Gasteiger charge is 2.36. The van der Waals surface area contributed by atoms with Crippen LogP contribution in [0.25, 0.3) is 0 Å². The molecule has 94 valence electrons. The molecule has 0 radical (unpaired) electrons. The molecular weight excluding hydrogens is 229 g/mol. The van der Waals surface area contributed by atoms with Gasteiger partial charge in [-0.15, -0.1) is 0 Å². The summed E-state index contributed by atoms with van der Waals surface area (Å²) in [5, 5.41) is 9.12. The standard InChI is InChI=1S/C9H13F3O4/c1-5(2)7(14)16-8(15-3)6(13)4-9(10,11)12/h6,8,13H,1,4H2,2-3H3. The number of esters is 1. The first kappa shape index (κ1) is 14.9. The van der Waals surface area contributed by atoms with Crippen molar-refractivity contribution in [3.05, 3.63) is 12.2 Å². The SMILES string of the molecule is C=C(C)C(=O)OC(OC)C(O)CC(F)(F)F. The summed E-state index contributed by atoms with van der Waals surface area (Å²) in [6.45, 7) is 4.57. The van der Waals surface area contributed by atoms with E-state index in [0.29, 0.717) is 0 Å². The maximum Gasteiger partial charge on any atom is 0.391 e. The predicted molar refractivity (Wildman–Crippen MR) is 48.4 cm³/mol. The van der Waals surface area contributed by atoms with Crippen LogP contribution < -0.4 is 0 Å². The van der Waals surface area contributed by atoms with Crippen molar-refractivity contribution >= 4 is 5.97 Å². The van der Waals surface area contributed by atoms with E-state index in [0.717, 1.165) is 7.11 Å². The summed E-state index contributed by atoms with van der Waals surface area (Å²) >= 11 is 0.